The van der Waals surface area contributed by atoms with Gasteiger partial charge in [0.25, 0.3) is 0 Å². The molecule has 0 radical (unpaired) electrons. The number of hydrogen-bond acceptors (Lipinski definition) is 3. The first-order chi connectivity index (χ1) is 7.16. The first-order valence-corrected chi connectivity index (χ1v) is 4.92. The molecule has 0 aliphatic carbocycles. The molecule has 0 bridgehead atoms. The van der Waals surface area contributed by atoms with E-state index in [0.29, 0.717) is 0 Å². The molecule has 2 aromatic heterocycles. The molecule has 5 heteroatoms. The fourth-order valence-electron chi connectivity index (χ4n) is 1.70. The number of aryl methyl sites for hydroxylation is 2. The number of anilines is 1. The molecule has 0 saturated carbocycles. The summed E-state index contributed by atoms with van der Waals surface area (Å²) in [6.07, 6.45) is 5.64. The molecule has 80 valence electrons. The molecule has 2 N–H and O–H groups in total. The number of nitrogens with zero attached hydrogens (tertiary/aromatic N) is 3. The summed E-state index contributed by atoms with van der Waals surface area (Å²) < 4.78 is 1.83. The minimum Gasteiger partial charge on any atom is -0.376 e. The lowest BCUT2D eigenvalue weighted by Crippen LogP contribution is -2.06. The van der Waals surface area contributed by atoms with Gasteiger partial charge in [0, 0.05) is 25.0 Å². The summed E-state index contributed by atoms with van der Waals surface area (Å²) in [5, 5.41) is 14.3. The molecular formula is C10H15N5. The minimum atomic E-state index is 0.233. The molecule has 0 spiro atoms. The lowest BCUT2D eigenvalue weighted by molar-refractivity contribution is 0.756. The summed E-state index contributed by atoms with van der Waals surface area (Å²) in [6, 6.07) is 0.233. The Labute approximate surface area is 88.5 Å². The first kappa shape index (κ1) is 9.76. The van der Waals surface area contributed by atoms with Crippen LogP contribution < -0.4 is 5.32 Å². The van der Waals surface area contributed by atoms with Crippen molar-refractivity contribution < 1.29 is 0 Å². The van der Waals surface area contributed by atoms with E-state index in [1.807, 2.05) is 31.0 Å². The van der Waals surface area contributed by atoms with Crippen LogP contribution in [0.25, 0.3) is 0 Å². The van der Waals surface area contributed by atoms with Crippen molar-refractivity contribution in [3.05, 3.63) is 29.8 Å². The SMILES string of the molecule is Cc1nn(C)cc1C(C)Nc1cn[nH]c1. The fourth-order valence-corrected chi connectivity index (χ4v) is 1.70. The number of hydrogen-bond donors (Lipinski definition) is 2. The predicted molar refractivity (Wildman–Crippen MR) is 58.6 cm³/mol. The third-order valence-corrected chi connectivity index (χ3v) is 2.40. The van der Waals surface area contributed by atoms with Crippen molar-refractivity contribution in [3.8, 4) is 0 Å². The Morgan fingerprint density at radius 1 is 1.53 bits per heavy atom. The summed E-state index contributed by atoms with van der Waals surface area (Å²) >= 11 is 0. The van der Waals surface area contributed by atoms with E-state index in [9.17, 15) is 0 Å². The molecule has 5 nitrogen and oxygen atoms in total. The quantitative estimate of drug-likeness (QED) is 0.800. The third-order valence-electron chi connectivity index (χ3n) is 2.40. The summed E-state index contributed by atoms with van der Waals surface area (Å²) in [4.78, 5) is 0. The van der Waals surface area contributed by atoms with Crippen molar-refractivity contribution in [2.45, 2.75) is 19.9 Å². The third kappa shape index (κ3) is 2.01. The van der Waals surface area contributed by atoms with Gasteiger partial charge in [-0.15, -0.1) is 0 Å². The van der Waals surface area contributed by atoms with E-state index in [4.69, 9.17) is 0 Å². The van der Waals surface area contributed by atoms with Gasteiger partial charge in [-0.1, -0.05) is 0 Å². The van der Waals surface area contributed by atoms with Gasteiger partial charge < -0.3 is 5.32 Å². The van der Waals surface area contributed by atoms with Gasteiger partial charge in [0.15, 0.2) is 0 Å². The molecule has 0 aromatic carbocycles. The second-order valence-electron chi connectivity index (χ2n) is 3.70. The second kappa shape index (κ2) is 3.76. The molecule has 0 saturated heterocycles. The van der Waals surface area contributed by atoms with Crippen LogP contribution in [0.1, 0.15) is 24.2 Å². The van der Waals surface area contributed by atoms with E-state index in [2.05, 4.69) is 27.5 Å². The van der Waals surface area contributed by atoms with Gasteiger partial charge in [-0.2, -0.15) is 10.2 Å². The monoisotopic (exact) mass is 205 g/mol. The number of aromatic nitrogens is 4. The summed E-state index contributed by atoms with van der Waals surface area (Å²) in [5.74, 6) is 0. The van der Waals surface area contributed by atoms with Crippen LogP contribution in [0, 0.1) is 6.92 Å². The van der Waals surface area contributed by atoms with Gasteiger partial charge in [-0.05, 0) is 13.8 Å². The van der Waals surface area contributed by atoms with E-state index in [-0.39, 0.29) is 6.04 Å². The van der Waals surface area contributed by atoms with Crippen molar-refractivity contribution in [2.75, 3.05) is 5.32 Å². The van der Waals surface area contributed by atoms with Crippen LogP contribution >= 0.6 is 0 Å². The average molecular weight is 205 g/mol. The van der Waals surface area contributed by atoms with Gasteiger partial charge in [-0.3, -0.25) is 9.78 Å². The van der Waals surface area contributed by atoms with Gasteiger partial charge >= 0.3 is 0 Å². The highest BCUT2D eigenvalue weighted by molar-refractivity contribution is 5.41. The molecule has 15 heavy (non-hydrogen) atoms. The lowest BCUT2D eigenvalue weighted by Gasteiger charge is -2.12. The normalized spacial score (nSPS) is 12.7. The van der Waals surface area contributed by atoms with E-state index < -0.39 is 0 Å². The molecule has 2 rings (SSSR count). The van der Waals surface area contributed by atoms with E-state index in [1.54, 1.807) is 6.20 Å². The van der Waals surface area contributed by atoms with E-state index in [1.165, 1.54) is 5.56 Å². The summed E-state index contributed by atoms with van der Waals surface area (Å²) in [7, 11) is 1.93. The van der Waals surface area contributed by atoms with Crippen molar-refractivity contribution >= 4 is 5.69 Å². The highest BCUT2D eigenvalue weighted by Gasteiger charge is 2.11. The van der Waals surface area contributed by atoms with Crippen molar-refractivity contribution in [3.63, 3.8) is 0 Å². The molecule has 0 fully saturated rings. The average Bonchev–Trinajstić information content (AvgIpc) is 2.75. The minimum absolute atomic E-state index is 0.233. The molecule has 1 unspecified atom stereocenters. The van der Waals surface area contributed by atoms with Crippen LogP contribution in [-0.4, -0.2) is 20.0 Å². The van der Waals surface area contributed by atoms with Crippen LogP contribution in [0.5, 0.6) is 0 Å². The van der Waals surface area contributed by atoms with Crippen molar-refractivity contribution in [1.29, 1.82) is 0 Å². The smallest absolute Gasteiger partial charge is 0.0728 e. The Morgan fingerprint density at radius 2 is 2.33 bits per heavy atom. The predicted octanol–water partition coefficient (Wildman–Crippen LogP) is 1.62. The molecule has 2 aromatic rings. The first-order valence-electron chi connectivity index (χ1n) is 4.92. The van der Waals surface area contributed by atoms with E-state index >= 15 is 0 Å². The molecular weight excluding hydrogens is 190 g/mol. The van der Waals surface area contributed by atoms with E-state index in [0.717, 1.165) is 11.4 Å². The Bertz CT molecular complexity index is 429. The Balaban J connectivity index is 2.14. The van der Waals surface area contributed by atoms with Gasteiger partial charge in [0.2, 0.25) is 0 Å². The Morgan fingerprint density at radius 3 is 2.87 bits per heavy atom. The highest BCUT2D eigenvalue weighted by atomic mass is 15.3. The fraction of sp³-hybridized carbons (Fsp3) is 0.400. The number of rotatable bonds is 3. The molecule has 1 atom stereocenters. The largest absolute Gasteiger partial charge is 0.376 e. The van der Waals surface area contributed by atoms with Gasteiger partial charge in [-0.25, -0.2) is 0 Å². The Hall–Kier alpha value is -1.78. The maximum atomic E-state index is 4.31. The molecule has 2 heterocycles. The molecule has 0 aliphatic rings. The number of aromatic amines is 1. The van der Waals surface area contributed by atoms with Crippen LogP contribution in [0.2, 0.25) is 0 Å². The maximum Gasteiger partial charge on any atom is 0.0728 e. The van der Waals surface area contributed by atoms with Crippen molar-refractivity contribution in [2.24, 2.45) is 7.05 Å². The van der Waals surface area contributed by atoms with Crippen LogP contribution in [0.3, 0.4) is 0 Å². The summed E-state index contributed by atoms with van der Waals surface area (Å²) in [5.41, 5.74) is 3.26. The zero-order chi connectivity index (χ0) is 10.8. The topological polar surface area (TPSA) is 58.5 Å². The molecule has 0 amide bonds. The lowest BCUT2D eigenvalue weighted by atomic mass is 10.1. The van der Waals surface area contributed by atoms with Gasteiger partial charge in [0.1, 0.15) is 0 Å². The molecule has 0 aliphatic heterocycles. The standard InChI is InChI=1S/C10H15N5/c1-7(13-9-4-11-12-5-9)10-6-15(3)14-8(10)2/h4-7,13H,1-3H3,(H,11,12). The Kier molecular flexibility index (Phi) is 2.45. The zero-order valence-corrected chi connectivity index (χ0v) is 9.15. The van der Waals surface area contributed by atoms with Gasteiger partial charge in [0.05, 0.1) is 23.6 Å². The van der Waals surface area contributed by atoms with Crippen LogP contribution in [-0.2, 0) is 7.05 Å². The summed E-state index contributed by atoms with van der Waals surface area (Å²) in [6.45, 7) is 4.12. The number of nitrogens with one attached hydrogen (secondary N) is 2. The van der Waals surface area contributed by atoms with Crippen LogP contribution in [0.15, 0.2) is 18.6 Å². The highest BCUT2D eigenvalue weighted by Crippen LogP contribution is 2.20. The maximum absolute atomic E-state index is 4.31. The zero-order valence-electron chi connectivity index (χ0n) is 9.15. The second-order valence-corrected chi connectivity index (χ2v) is 3.70. The van der Waals surface area contributed by atoms with Crippen LogP contribution in [0.4, 0.5) is 5.69 Å². The number of H-pyrrole nitrogens is 1. The van der Waals surface area contributed by atoms with Crippen molar-refractivity contribution in [1.82, 2.24) is 20.0 Å².